The number of nitrogens with one attached hydrogen (secondary N) is 1. The number of hydrogen-bond donors (Lipinski definition) is 2. The molecule has 0 saturated carbocycles. The molecule has 1 aliphatic heterocycles. The Kier molecular flexibility index (Phi) is 5.52. The lowest BCUT2D eigenvalue weighted by Crippen LogP contribution is -2.47. The predicted molar refractivity (Wildman–Crippen MR) is 80.4 cm³/mol. The van der Waals surface area contributed by atoms with E-state index in [1.54, 1.807) is 0 Å². The highest BCUT2D eigenvalue weighted by atomic mass is 19.3. The number of likely N-dealkylation sites (tertiary alicyclic amines) is 1. The number of piperidine rings is 1. The first kappa shape index (κ1) is 17.2. The van der Waals surface area contributed by atoms with Crippen LogP contribution >= 0.6 is 0 Å². The largest absolute Gasteiger partial charge is 0.481 e. The quantitative estimate of drug-likeness (QED) is 0.874. The smallest absolute Gasteiger partial charge is 0.317 e. The summed E-state index contributed by atoms with van der Waals surface area (Å²) >= 11 is 0. The lowest BCUT2D eigenvalue weighted by atomic mass is 10.0. The van der Waals surface area contributed by atoms with Gasteiger partial charge in [-0.05, 0) is 17.5 Å². The highest BCUT2D eigenvalue weighted by Crippen LogP contribution is 2.27. The molecule has 0 atom stereocenters. The van der Waals surface area contributed by atoms with Gasteiger partial charge in [0.25, 0.3) is 5.92 Å². The van der Waals surface area contributed by atoms with E-state index in [0.29, 0.717) is 6.42 Å². The third-order valence-corrected chi connectivity index (χ3v) is 3.94. The number of carboxylic acid groups (broad SMARTS) is 1. The van der Waals surface area contributed by atoms with E-state index in [1.807, 2.05) is 24.3 Å². The SMILES string of the molecule is O=C(O)CCc1ccccc1CNC(=O)N1CCC(F)(F)CC1. The van der Waals surface area contributed by atoms with Crippen LogP contribution in [0.2, 0.25) is 0 Å². The average Bonchev–Trinajstić information content (AvgIpc) is 2.51. The first-order valence-electron chi connectivity index (χ1n) is 7.56. The number of urea groups is 1. The standard InChI is InChI=1S/C16H20F2N2O3/c17-16(18)7-9-20(10-8-16)15(23)19-11-13-4-2-1-3-12(13)5-6-14(21)22/h1-4H,5-11H2,(H,19,23)(H,21,22). The van der Waals surface area contributed by atoms with Crippen LogP contribution in [0.1, 0.15) is 30.4 Å². The average molecular weight is 326 g/mol. The van der Waals surface area contributed by atoms with Gasteiger partial charge in [0, 0.05) is 38.9 Å². The molecular formula is C16H20F2N2O3. The number of aryl methyl sites for hydroxylation is 1. The first-order valence-corrected chi connectivity index (χ1v) is 7.56. The topological polar surface area (TPSA) is 69.6 Å². The van der Waals surface area contributed by atoms with Gasteiger partial charge in [0.05, 0.1) is 0 Å². The zero-order chi connectivity index (χ0) is 16.9. The highest BCUT2D eigenvalue weighted by molar-refractivity contribution is 5.74. The van der Waals surface area contributed by atoms with Crippen LogP contribution in [-0.4, -0.2) is 41.0 Å². The number of alkyl halides is 2. The molecule has 1 heterocycles. The molecule has 23 heavy (non-hydrogen) atoms. The fraction of sp³-hybridized carbons (Fsp3) is 0.500. The van der Waals surface area contributed by atoms with Crippen molar-refractivity contribution in [1.29, 1.82) is 0 Å². The molecule has 1 saturated heterocycles. The Hall–Kier alpha value is -2.18. The molecule has 0 bridgehead atoms. The van der Waals surface area contributed by atoms with Gasteiger partial charge in [0.15, 0.2) is 0 Å². The zero-order valence-corrected chi connectivity index (χ0v) is 12.7. The molecule has 0 spiro atoms. The molecule has 1 aromatic carbocycles. The van der Waals surface area contributed by atoms with Gasteiger partial charge in [0.2, 0.25) is 0 Å². The van der Waals surface area contributed by atoms with Crippen LogP contribution in [0.3, 0.4) is 0 Å². The minimum absolute atomic E-state index is 0.0200. The monoisotopic (exact) mass is 326 g/mol. The van der Waals surface area contributed by atoms with Crippen molar-refractivity contribution < 1.29 is 23.5 Å². The van der Waals surface area contributed by atoms with Crippen LogP contribution < -0.4 is 5.32 Å². The molecule has 1 fully saturated rings. The maximum Gasteiger partial charge on any atom is 0.317 e. The summed E-state index contributed by atoms with van der Waals surface area (Å²) < 4.78 is 26.2. The van der Waals surface area contributed by atoms with Gasteiger partial charge in [-0.25, -0.2) is 13.6 Å². The molecule has 5 nitrogen and oxygen atoms in total. The number of carbonyl (C=O) groups is 2. The summed E-state index contributed by atoms with van der Waals surface area (Å²) in [5, 5.41) is 11.5. The molecule has 2 N–H and O–H groups in total. The Morgan fingerprint density at radius 2 is 1.78 bits per heavy atom. The molecule has 126 valence electrons. The van der Waals surface area contributed by atoms with Crippen molar-refractivity contribution in [1.82, 2.24) is 10.2 Å². The van der Waals surface area contributed by atoms with Crippen molar-refractivity contribution in [3.05, 3.63) is 35.4 Å². The second-order valence-corrected chi connectivity index (χ2v) is 5.66. The molecule has 0 unspecified atom stereocenters. The van der Waals surface area contributed by atoms with Crippen LogP contribution in [0.25, 0.3) is 0 Å². The van der Waals surface area contributed by atoms with E-state index >= 15 is 0 Å². The first-order chi connectivity index (χ1) is 10.9. The molecule has 0 aliphatic carbocycles. The summed E-state index contributed by atoms with van der Waals surface area (Å²) in [6.45, 7) is 0.334. The molecule has 7 heteroatoms. The molecule has 2 rings (SSSR count). The second-order valence-electron chi connectivity index (χ2n) is 5.66. The summed E-state index contributed by atoms with van der Waals surface area (Å²) in [5.41, 5.74) is 1.70. The molecule has 2 amide bonds. The van der Waals surface area contributed by atoms with Gasteiger partial charge in [-0.1, -0.05) is 24.3 Å². The Morgan fingerprint density at radius 1 is 1.17 bits per heavy atom. The Balaban J connectivity index is 1.88. The number of nitrogens with zero attached hydrogens (tertiary/aromatic N) is 1. The zero-order valence-electron chi connectivity index (χ0n) is 12.7. The van der Waals surface area contributed by atoms with E-state index in [-0.39, 0.29) is 44.9 Å². The maximum absolute atomic E-state index is 13.1. The van der Waals surface area contributed by atoms with Gasteiger partial charge in [-0.2, -0.15) is 0 Å². The Morgan fingerprint density at radius 3 is 2.39 bits per heavy atom. The third-order valence-electron chi connectivity index (χ3n) is 3.94. The van der Waals surface area contributed by atoms with E-state index in [1.165, 1.54) is 4.90 Å². The summed E-state index contributed by atoms with van der Waals surface area (Å²) in [5.74, 6) is -3.56. The number of halogens is 2. The van der Waals surface area contributed by atoms with Crippen molar-refractivity contribution in [3.63, 3.8) is 0 Å². The third kappa shape index (κ3) is 5.19. The maximum atomic E-state index is 13.1. The van der Waals surface area contributed by atoms with Crippen LogP contribution in [0, 0.1) is 0 Å². The fourth-order valence-corrected chi connectivity index (χ4v) is 2.54. The van der Waals surface area contributed by atoms with Crippen LogP contribution in [-0.2, 0) is 17.8 Å². The Labute approximate surface area is 133 Å². The van der Waals surface area contributed by atoms with Crippen LogP contribution in [0.4, 0.5) is 13.6 Å². The van der Waals surface area contributed by atoms with Crippen molar-refractivity contribution in [2.24, 2.45) is 0 Å². The minimum Gasteiger partial charge on any atom is -0.481 e. The lowest BCUT2D eigenvalue weighted by molar-refractivity contribution is -0.136. The van der Waals surface area contributed by atoms with E-state index in [4.69, 9.17) is 5.11 Å². The van der Waals surface area contributed by atoms with E-state index < -0.39 is 11.9 Å². The fourth-order valence-electron chi connectivity index (χ4n) is 2.54. The summed E-state index contributed by atoms with van der Waals surface area (Å²) in [7, 11) is 0. The second kappa shape index (κ2) is 7.39. The number of carbonyl (C=O) groups excluding carboxylic acids is 1. The molecule has 0 aromatic heterocycles. The number of hydrogen-bond acceptors (Lipinski definition) is 2. The summed E-state index contributed by atoms with van der Waals surface area (Å²) in [6, 6.07) is 6.91. The van der Waals surface area contributed by atoms with Crippen molar-refractivity contribution in [2.45, 2.75) is 38.2 Å². The number of aliphatic carboxylic acids is 1. The molecular weight excluding hydrogens is 306 g/mol. The summed E-state index contributed by atoms with van der Waals surface area (Å²) in [4.78, 5) is 24.1. The normalized spacial score (nSPS) is 16.9. The number of carboxylic acids is 1. The van der Waals surface area contributed by atoms with Crippen LogP contribution in [0.5, 0.6) is 0 Å². The van der Waals surface area contributed by atoms with Gasteiger partial charge < -0.3 is 15.3 Å². The number of benzene rings is 1. The van der Waals surface area contributed by atoms with E-state index in [9.17, 15) is 18.4 Å². The van der Waals surface area contributed by atoms with Gasteiger partial charge in [0.1, 0.15) is 0 Å². The number of amides is 2. The van der Waals surface area contributed by atoms with Crippen molar-refractivity contribution in [2.75, 3.05) is 13.1 Å². The van der Waals surface area contributed by atoms with Gasteiger partial charge >= 0.3 is 12.0 Å². The summed E-state index contributed by atoms with van der Waals surface area (Å²) in [6.07, 6.45) is -0.214. The number of rotatable bonds is 5. The van der Waals surface area contributed by atoms with Gasteiger partial charge in [-0.3, -0.25) is 4.79 Å². The molecule has 0 radical (unpaired) electrons. The van der Waals surface area contributed by atoms with E-state index in [2.05, 4.69) is 5.32 Å². The highest BCUT2D eigenvalue weighted by Gasteiger charge is 2.35. The lowest BCUT2D eigenvalue weighted by Gasteiger charge is -2.31. The minimum atomic E-state index is -2.68. The Bertz CT molecular complexity index is 568. The van der Waals surface area contributed by atoms with Gasteiger partial charge in [-0.15, -0.1) is 0 Å². The van der Waals surface area contributed by atoms with Crippen LogP contribution in [0.15, 0.2) is 24.3 Å². The molecule has 1 aromatic rings. The molecule has 1 aliphatic rings. The van der Waals surface area contributed by atoms with Crippen molar-refractivity contribution in [3.8, 4) is 0 Å². The predicted octanol–water partition coefficient (Wildman–Crippen LogP) is 2.64. The van der Waals surface area contributed by atoms with Crippen molar-refractivity contribution >= 4 is 12.0 Å². The van der Waals surface area contributed by atoms with E-state index in [0.717, 1.165) is 11.1 Å².